The predicted octanol–water partition coefficient (Wildman–Crippen LogP) is 11.6. The van der Waals surface area contributed by atoms with Crippen LogP contribution in [0.25, 0.3) is 11.1 Å². The number of aromatic nitrogens is 3. The Labute approximate surface area is 615 Å². The molecule has 0 saturated carbocycles. The molecule has 3 aromatic heterocycles. The number of aliphatic hydroxyl groups is 2. The first-order valence-corrected chi connectivity index (χ1v) is 36.6. The normalized spacial score (nSPS) is 20.9. The van der Waals surface area contributed by atoms with Crippen LogP contribution in [0.4, 0.5) is 35.0 Å². The maximum absolute atomic E-state index is 14.1. The Morgan fingerprint density at radius 2 is 1.19 bits per heavy atom. The van der Waals surface area contributed by atoms with Gasteiger partial charge in [0.15, 0.2) is 32.4 Å². The molecular formula is C72H74Cl2F2N14O10S3. The second-order valence-electron chi connectivity index (χ2n) is 25.9. The van der Waals surface area contributed by atoms with Gasteiger partial charge in [-0.2, -0.15) is 0 Å². The molecule has 5 saturated heterocycles. The van der Waals surface area contributed by atoms with Crippen LogP contribution in [-0.4, -0.2) is 204 Å². The number of ether oxygens (including phenoxy) is 4. The second kappa shape index (κ2) is 30.9. The summed E-state index contributed by atoms with van der Waals surface area (Å²) in [6.45, 7) is 17.5. The van der Waals surface area contributed by atoms with E-state index >= 15 is 0 Å². The molecule has 4 amide bonds. The van der Waals surface area contributed by atoms with Crippen molar-refractivity contribution in [2.75, 3.05) is 114 Å². The van der Waals surface area contributed by atoms with Crippen LogP contribution >= 0.6 is 57.2 Å². The minimum absolute atomic E-state index is 0.0356. The third-order valence-corrected chi connectivity index (χ3v) is 21.9. The zero-order valence-corrected chi connectivity index (χ0v) is 60.6. The van der Waals surface area contributed by atoms with Crippen LogP contribution in [0.15, 0.2) is 171 Å². The maximum atomic E-state index is 14.1. The highest BCUT2D eigenvalue weighted by Gasteiger charge is 2.46. The number of rotatable bonds is 20. The highest BCUT2D eigenvalue weighted by atomic mass is 35.5. The minimum atomic E-state index is -0.908. The quantitative estimate of drug-likeness (QED) is 0.0409. The number of hydrogen-bond acceptors (Lipinski definition) is 23. The number of morpholine rings is 1. The van der Waals surface area contributed by atoms with Crippen molar-refractivity contribution in [3.8, 4) is 16.9 Å². The summed E-state index contributed by atoms with van der Waals surface area (Å²) in [4.78, 5) is 91.3. The van der Waals surface area contributed by atoms with Gasteiger partial charge in [-0.1, -0.05) is 72.8 Å². The van der Waals surface area contributed by atoms with Gasteiger partial charge in [0.25, 0.3) is 0 Å². The Balaban J connectivity index is 0.000000184. The zero-order chi connectivity index (χ0) is 72.4. The van der Waals surface area contributed by atoms with Gasteiger partial charge in [0, 0.05) is 145 Å². The number of esters is 2. The van der Waals surface area contributed by atoms with Crippen LogP contribution in [0.5, 0.6) is 5.75 Å². The number of thiazole rings is 3. The highest BCUT2D eigenvalue weighted by molar-refractivity contribution is 7.14. The molecule has 0 spiro atoms. The molecule has 4 N–H and O–H groups in total. The fourth-order valence-electron chi connectivity index (χ4n) is 13.4. The standard InChI is InChI=1S/C39H38ClFN6O5S.C33H36ClFN8O5S2/c1-23(48)39(2,3)52-29-12-7-25(8-13-29)24-5-10-27(11-6-24)47-21-28-20-45(16-17-46(28)38(47)50)22-32-33(37(49)51-4)34(30-14-9-26(41)19-31(30)40)44-35(43-32)36-42-15-18-53-36;1-19(44)3-5-22-16-41(10-11-48-22)26-18-50-32(38-26)43-15-21-14-40(8-9-42(21)33(43)46)17-25-27(31(45)47-2)28(23-6-4-20(35)13-24(23)34)39-29(37-25)30-36-7-12-49-30/h5-15,18-19,28,34,48H,1,16-17,20-22H2,2-4H3,(H,43,44);4,6-7,12-13,18,21-22,28,44H,1,3,5,8-11,14-17H2,2H3,(H,37,39)/t28-,34-;21-,22+,28-/m00/s1. The monoisotopic (exact) mass is 1500 g/mol. The third-order valence-electron chi connectivity index (χ3n) is 18.8. The number of aliphatic hydroxyl groups excluding tert-OH is 2. The topological polar surface area (TPSA) is 256 Å². The molecule has 0 bridgehead atoms. The number of carbonyl (C=O) groups excluding carboxylic acids is 4. The number of benzene rings is 4. The largest absolute Gasteiger partial charge is 0.513 e. The fourth-order valence-corrected chi connectivity index (χ4v) is 16.0. The number of anilines is 3. The van der Waals surface area contributed by atoms with E-state index in [4.69, 9.17) is 57.1 Å². The molecule has 31 heteroatoms. The lowest BCUT2D eigenvalue weighted by Gasteiger charge is -2.38. The third kappa shape index (κ3) is 15.8. The van der Waals surface area contributed by atoms with E-state index in [0.717, 1.165) is 22.6 Å². The van der Waals surface area contributed by atoms with Gasteiger partial charge in [-0.25, -0.2) is 42.9 Å². The van der Waals surface area contributed by atoms with Gasteiger partial charge in [0.2, 0.25) is 0 Å². The van der Waals surface area contributed by atoms with Gasteiger partial charge in [0.05, 0.1) is 62.5 Å². The first-order chi connectivity index (χ1) is 49.6. The van der Waals surface area contributed by atoms with Crippen LogP contribution in [0.3, 0.4) is 0 Å². The van der Waals surface area contributed by atoms with Gasteiger partial charge < -0.3 is 54.5 Å². The van der Waals surface area contributed by atoms with E-state index < -0.39 is 41.3 Å². The van der Waals surface area contributed by atoms with Crippen LogP contribution in [0.2, 0.25) is 10.0 Å². The summed E-state index contributed by atoms with van der Waals surface area (Å²) in [5, 5.41) is 33.8. The molecule has 24 nitrogen and oxygen atoms in total. The summed E-state index contributed by atoms with van der Waals surface area (Å²) < 4.78 is 50.3. The number of allylic oxidation sites excluding steroid dienone is 1. The van der Waals surface area contributed by atoms with Crippen molar-refractivity contribution in [1.29, 1.82) is 0 Å². The number of hydrogen-bond donors (Lipinski definition) is 4. The fraction of sp³-hybridized carbons (Fsp3) is 0.347. The Morgan fingerprint density at radius 3 is 1.68 bits per heavy atom. The first-order valence-electron chi connectivity index (χ1n) is 33.2. The highest BCUT2D eigenvalue weighted by Crippen LogP contribution is 2.41. The summed E-state index contributed by atoms with van der Waals surface area (Å²) in [5.41, 5.74) is 4.49. The van der Waals surface area contributed by atoms with E-state index in [2.05, 4.69) is 48.5 Å². The Morgan fingerprint density at radius 1 is 0.680 bits per heavy atom. The molecule has 538 valence electrons. The number of amides is 4. The summed E-state index contributed by atoms with van der Waals surface area (Å²) in [7, 11) is 2.62. The van der Waals surface area contributed by atoms with Crippen molar-refractivity contribution in [3.63, 3.8) is 0 Å². The number of carbonyl (C=O) groups is 4. The van der Waals surface area contributed by atoms with Crippen LogP contribution in [-0.2, 0) is 23.8 Å². The van der Waals surface area contributed by atoms with Gasteiger partial charge in [0.1, 0.15) is 41.0 Å². The SMILES string of the molecule is C=C(O)C(C)(C)Oc1ccc(-c2ccc(N3C[C@@H]4CN(CC5=C(C(=O)OC)[C@H](c6ccc(F)cc6Cl)N=C(c6nccs6)N5)CCN4C3=O)cc2)cc1.C=C(O)CC[C@@H]1CN(c2csc(N3C[C@@H]4CN(CC5=C(C(=O)OC)[C@H](c6ccc(F)cc6Cl)N=C(c6nccs6)N5)CCN4C3=O)n2)CCO1. The van der Waals surface area contributed by atoms with E-state index in [1.807, 2.05) is 74.5 Å². The van der Waals surface area contributed by atoms with Gasteiger partial charge in [-0.15, -0.1) is 34.0 Å². The number of methoxy groups -OCH3 is 2. The van der Waals surface area contributed by atoms with E-state index in [0.29, 0.717) is 153 Å². The Bertz CT molecular complexity index is 4500. The van der Waals surface area contributed by atoms with Crippen molar-refractivity contribution in [1.82, 2.24) is 45.2 Å². The number of fused-ring (bicyclic) bond motifs is 2. The van der Waals surface area contributed by atoms with E-state index in [1.54, 1.807) is 36.0 Å². The lowest BCUT2D eigenvalue weighted by atomic mass is 9.95. The minimum Gasteiger partial charge on any atom is -0.513 e. The van der Waals surface area contributed by atoms with Crippen LogP contribution in [0, 0.1) is 11.6 Å². The second-order valence-corrected chi connectivity index (χ2v) is 29.3. The number of nitrogens with zero attached hydrogens (tertiary/aromatic N) is 12. The smallest absolute Gasteiger partial charge is 0.338 e. The number of amidine groups is 2. The van der Waals surface area contributed by atoms with Crippen molar-refractivity contribution >= 4 is 110 Å². The van der Waals surface area contributed by atoms with Crippen molar-refractivity contribution in [2.45, 2.75) is 62.6 Å². The summed E-state index contributed by atoms with van der Waals surface area (Å²) in [6.07, 6.45) is 4.47. The lowest BCUT2D eigenvalue weighted by molar-refractivity contribution is -0.137. The Kier molecular flexibility index (Phi) is 21.6. The van der Waals surface area contributed by atoms with E-state index in [1.165, 1.54) is 84.6 Å². The van der Waals surface area contributed by atoms with E-state index in [9.17, 15) is 38.2 Å². The molecule has 7 aliphatic rings. The summed E-state index contributed by atoms with van der Waals surface area (Å²) in [5.74, 6) is 0.302. The Hall–Kier alpha value is -9.33. The number of halogens is 4. The molecule has 103 heavy (non-hydrogen) atoms. The molecule has 14 rings (SSSR count). The van der Waals surface area contributed by atoms with Gasteiger partial charge in [-0.3, -0.25) is 29.6 Å². The maximum Gasteiger partial charge on any atom is 0.338 e. The van der Waals surface area contributed by atoms with Crippen LogP contribution < -0.4 is 30.1 Å². The molecule has 0 unspecified atom stereocenters. The lowest BCUT2D eigenvalue weighted by Crippen LogP contribution is -2.53. The van der Waals surface area contributed by atoms with Crippen molar-refractivity contribution in [3.05, 3.63) is 204 Å². The number of urea groups is 2. The molecule has 5 fully saturated rings. The molecule has 7 aliphatic heterocycles. The number of nitrogens with one attached hydrogen (secondary N) is 2. The molecule has 10 heterocycles. The first kappa shape index (κ1) is 72.0. The van der Waals surface area contributed by atoms with E-state index in [-0.39, 0.29) is 63.0 Å². The average Bonchev–Trinajstić information content (AvgIpc) is 1.72. The van der Waals surface area contributed by atoms with Crippen molar-refractivity contribution in [2.24, 2.45) is 9.98 Å². The zero-order valence-electron chi connectivity index (χ0n) is 56.6. The molecule has 4 aromatic carbocycles. The molecule has 7 aromatic rings. The van der Waals surface area contributed by atoms with Gasteiger partial charge in [-0.05, 0) is 79.9 Å². The predicted molar refractivity (Wildman–Crippen MR) is 393 cm³/mol. The summed E-state index contributed by atoms with van der Waals surface area (Å²) >= 11 is 17.3. The van der Waals surface area contributed by atoms with Gasteiger partial charge >= 0.3 is 24.0 Å². The van der Waals surface area contributed by atoms with Crippen LogP contribution in [0.1, 0.15) is 59.9 Å². The summed E-state index contributed by atoms with van der Waals surface area (Å²) in [6, 6.07) is 21.5. The molecule has 5 atom stereocenters. The number of aliphatic imine (C=N–C) groups is 2. The number of piperazine rings is 2. The molecular weight excluding hydrogens is 1430 g/mol. The molecule has 0 aliphatic carbocycles. The molecule has 0 radical (unpaired) electrons. The average molecular weight is 1500 g/mol. The van der Waals surface area contributed by atoms with Crippen molar-refractivity contribution < 1.29 is 57.1 Å².